The SMILES string of the molecule is Cc1ccc(CC(=O)N2CCCCC2)c(N)c1. The van der Waals surface area contributed by atoms with Gasteiger partial charge in [0.15, 0.2) is 0 Å². The third-order valence-electron chi connectivity index (χ3n) is 3.35. The molecule has 1 fully saturated rings. The van der Waals surface area contributed by atoms with Crippen LogP contribution in [0.25, 0.3) is 0 Å². The maximum atomic E-state index is 12.1. The minimum atomic E-state index is 0.209. The van der Waals surface area contributed by atoms with Crippen LogP contribution in [0, 0.1) is 6.92 Å². The molecule has 92 valence electrons. The van der Waals surface area contributed by atoms with E-state index >= 15 is 0 Å². The first-order valence-electron chi connectivity index (χ1n) is 6.29. The van der Waals surface area contributed by atoms with Gasteiger partial charge in [0.1, 0.15) is 0 Å². The van der Waals surface area contributed by atoms with Crippen molar-refractivity contribution in [2.24, 2.45) is 0 Å². The number of hydrogen-bond acceptors (Lipinski definition) is 2. The molecule has 1 aromatic rings. The van der Waals surface area contributed by atoms with Crippen LogP contribution in [0.15, 0.2) is 18.2 Å². The zero-order valence-electron chi connectivity index (χ0n) is 10.4. The number of nitrogens with two attached hydrogens (primary N) is 1. The largest absolute Gasteiger partial charge is 0.398 e. The highest BCUT2D eigenvalue weighted by atomic mass is 16.2. The third kappa shape index (κ3) is 2.99. The van der Waals surface area contributed by atoms with Gasteiger partial charge in [0.2, 0.25) is 5.91 Å². The van der Waals surface area contributed by atoms with Crippen molar-refractivity contribution in [1.82, 2.24) is 4.90 Å². The monoisotopic (exact) mass is 232 g/mol. The first-order valence-corrected chi connectivity index (χ1v) is 6.29. The highest BCUT2D eigenvalue weighted by Gasteiger charge is 2.17. The van der Waals surface area contributed by atoms with E-state index in [0.717, 1.165) is 42.7 Å². The number of carbonyl (C=O) groups excluding carboxylic acids is 1. The van der Waals surface area contributed by atoms with Gasteiger partial charge in [-0.15, -0.1) is 0 Å². The fourth-order valence-corrected chi connectivity index (χ4v) is 2.29. The molecule has 0 aromatic heterocycles. The smallest absolute Gasteiger partial charge is 0.227 e. The summed E-state index contributed by atoms with van der Waals surface area (Å²) in [5, 5.41) is 0. The lowest BCUT2D eigenvalue weighted by Crippen LogP contribution is -2.36. The Morgan fingerprint density at radius 1 is 1.29 bits per heavy atom. The van der Waals surface area contributed by atoms with Crippen molar-refractivity contribution >= 4 is 11.6 Å². The minimum Gasteiger partial charge on any atom is -0.398 e. The summed E-state index contributed by atoms with van der Waals surface area (Å²) in [6.07, 6.45) is 3.95. The lowest BCUT2D eigenvalue weighted by Gasteiger charge is -2.27. The summed E-state index contributed by atoms with van der Waals surface area (Å²) in [6, 6.07) is 5.90. The Labute approximate surface area is 103 Å². The highest BCUT2D eigenvalue weighted by molar-refractivity contribution is 5.80. The molecule has 2 rings (SSSR count). The van der Waals surface area contributed by atoms with Gasteiger partial charge in [0.25, 0.3) is 0 Å². The Bertz CT molecular complexity index is 409. The fraction of sp³-hybridized carbons (Fsp3) is 0.500. The summed E-state index contributed by atoms with van der Waals surface area (Å²) in [5.74, 6) is 0.209. The van der Waals surface area contributed by atoms with E-state index in [-0.39, 0.29) is 5.91 Å². The van der Waals surface area contributed by atoms with Gasteiger partial charge in [0.05, 0.1) is 6.42 Å². The molecule has 1 aliphatic rings. The zero-order valence-corrected chi connectivity index (χ0v) is 10.4. The number of likely N-dealkylation sites (tertiary alicyclic amines) is 1. The van der Waals surface area contributed by atoms with Gasteiger partial charge >= 0.3 is 0 Å². The number of nitrogen functional groups attached to an aromatic ring is 1. The van der Waals surface area contributed by atoms with Crippen LogP contribution in [0.4, 0.5) is 5.69 Å². The summed E-state index contributed by atoms with van der Waals surface area (Å²) in [7, 11) is 0. The molecule has 3 nitrogen and oxygen atoms in total. The van der Waals surface area contributed by atoms with Gasteiger partial charge in [-0.3, -0.25) is 4.79 Å². The standard InChI is InChI=1S/C14H20N2O/c1-11-5-6-12(13(15)9-11)10-14(17)16-7-3-2-4-8-16/h5-6,9H,2-4,7-8,10,15H2,1H3. The first kappa shape index (κ1) is 12.0. The molecule has 1 heterocycles. The van der Waals surface area contributed by atoms with Gasteiger partial charge in [-0.1, -0.05) is 12.1 Å². The van der Waals surface area contributed by atoms with Gasteiger partial charge < -0.3 is 10.6 Å². The van der Waals surface area contributed by atoms with Crippen LogP contribution >= 0.6 is 0 Å². The molecular formula is C14H20N2O. The van der Waals surface area contributed by atoms with Crippen LogP contribution in [-0.2, 0) is 11.2 Å². The van der Waals surface area contributed by atoms with Gasteiger partial charge in [-0.05, 0) is 43.4 Å². The summed E-state index contributed by atoms with van der Waals surface area (Å²) < 4.78 is 0. The van der Waals surface area contributed by atoms with E-state index in [1.165, 1.54) is 6.42 Å². The molecule has 0 bridgehead atoms. The normalized spacial score (nSPS) is 15.9. The number of rotatable bonds is 2. The molecular weight excluding hydrogens is 212 g/mol. The van der Waals surface area contributed by atoms with E-state index in [1.54, 1.807) is 0 Å². The molecule has 0 radical (unpaired) electrons. The molecule has 0 spiro atoms. The van der Waals surface area contributed by atoms with Crippen molar-refractivity contribution < 1.29 is 4.79 Å². The Kier molecular flexibility index (Phi) is 3.67. The summed E-state index contributed by atoms with van der Waals surface area (Å²) in [4.78, 5) is 14.0. The van der Waals surface area contributed by atoms with Crippen LogP contribution < -0.4 is 5.73 Å². The quantitative estimate of drug-likeness (QED) is 0.794. The van der Waals surface area contributed by atoms with Crippen LogP contribution in [0.2, 0.25) is 0 Å². The second-order valence-electron chi connectivity index (χ2n) is 4.82. The number of carbonyl (C=O) groups is 1. The zero-order chi connectivity index (χ0) is 12.3. The molecule has 2 N–H and O–H groups in total. The number of nitrogens with zero attached hydrogens (tertiary/aromatic N) is 1. The van der Waals surface area contributed by atoms with Gasteiger partial charge in [-0.25, -0.2) is 0 Å². The second-order valence-corrected chi connectivity index (χ2v) is 4.82. The Hall–Kier alpha value is -1.51. The predicted molar refractivity (Wildman–Crippen MR) is 69.7 cm³/mol. The molecule has 17 heavy (non-hydrogen) atoms. The minimum absolute atomic E-state index is 0.209. The molecule has 0 atom stereocenters. The Morgan fingerprint density at radius 3 is 2.65 bits per heavy atom. The third-order valence-corrected chi connectivity index (χ3v) is 3.35. The van der Waals surface area contributed by atoms with Crippen molar-refractivity contribution in [2.75, 3.05) is 18.8 Å². The number of piperidine rings is 1. The predicted octanol–water partition coefficient (Wildman–Crippen LogP) is 2.13. The number of amides is 1. The van der Waals surface area contributed by atoms with E-state index in [1.807, 2.05) is 30.0 Å². The number of benzene rings is 1. The summed E-state index contributed by atoms with van der Waals surface area (Å²) in [5.41, 5.74) is 8.75. The van der Waals surface area contributed by atoms with Gasteiger partial charge in [-0.2, -0.15) is 0 Å². The maximum absolute atomic E-state index is 12.1. The maximum Gasteiger partial charge on any atom is 0.227 e. The van der Waals surface area contributed by atoms with Crippen LogP contribution in [0.5, 0.6) is 0 Å². The second kappa shape index (κ2) is 5.21. The molecule has 0 saturated carbocycles. The van der Waals surface area contributed by atoms with Gasteiger partial charge in [0, 0.05) is 18.8 Å². The first-order chi connectivity index (χ1) is 8.16. The molecule has 1 amide bonds. The van der Waals surface area contributed by atoms with E-state index < -0.39 is 0 Å². The number of hydrogen-bond donors (Lipinski definition) is 1. The molecule has 1 aliphatic heterocycles. The van der Waals surface area contributed by atoms with Crippen molar-refractivity contribution in [1.29, 1.82) is 0 Å². The number of aryl methyl sites for hydroxylation is 1. The number of anilines is 1. The van der Waals surface area contributed by atoms with E-state index in [2.05, 4.69) is 0 Å². The van der Waals surface area contributed by atoms with Crippen molar-refractivity contribution in [3.63, 3.8) is 0 Å². The van der Waals surface area contributed by atoms with Crippen LogP contribution in [0.3, 0.4) is 0 Å². The average molecular weight is 232 g/mol. The molecule has 1 aromatic carbocycles. The average Bonchev–Trinajstić information content (AvgIpc) is 2.34. The van der Waals surface area contributed by atoms with Crippen molar-refractivity contribution in [3.05, 3.63) is 29.3 Å². The molecule has 3 heteroatoms. The Balaban J connectivity index is 2.02. The van der Waals surface area contributed by atoms with Crippen LogP contribution in [-0.4, -0.2) is 23.9 Å². The molecule has 1 saturated heterocycles. The molecule has 0 unspecified atom stereocenters. The lowest BCUT2D eigenvalue weighted by molar-refractivity contribution is -0.131. The van der Waals surface area contributed by atoms with Crippen molar-refractivity contribution in [2.45, 2.75) is 32.6 Å². The molecule has 0 aliphatic carbocycles. The summed E-state index contributed by atoms with van der Waals surface area (Å²) in [6.45, 7) is 3.82. The van der Waals surface area contributed by atoms with E-state index in [4.69, 9.17) is 5.73 Å². The van der Waals surface area contributed by atoms with E-state index in [0.29, 0.717) is 6.42 Å². The van der Waals surface area contributed by atoms with Crippen molar-refractivity contribution in [3.8, 4) is 0 Å². The highest BCUT2D eigenvalue weighted by Crippen LogP contribution is 2.17. The van der Waals surface area contributed by atoms with Crippen LogP contribution in [0.1, 0.15) is 30.4 Å². The summed E-state index contributed by atoms with van der Waals surface area (Å²) >= 11 is 0. The van der Waals surface area contributed by atoms with E-state index in [9.17, 15) is 4.79 Å². The Morgan fingerprint density at radius 2 is 2.00 bits per heavy atom. The lowest BCUT2D eigenvalue weighted by atomic mass is 10.1. The fourth-order valence-electron chi connectivity index (χ4n) is 2.29. The topological polar surface area (TPSA) is 46.3 Å².